The predicted molar refractivity (Wildman–Crippen MR) is 51.7 cm³/mol. The van der Waals surface area contributed by atoms with Gasteiger partial charge in [0.05, 0.1) is 6.42 Å². The summed E-state index contributed by atoms with van der Waals surface area (Å²) in [6.45, 7) is 0.348. The molecule has 0 rings (SSSR count). The number of hydrogen-bond donors (Lipinski definition) is 4. The van der Waals surface area contributed by atoms with Crippen molar-refractivity contribution in [2.75, 3.05) is 6.54 Å². The molecule has 0 radical (unpaired) electrons. The van der Waals surface area contributed by atoms with Crippen molar-refractivity contribution in [3.05, 3.63) is 0 Å². The third-order valence-corrected chi connectivity index (χ3v) is 1.65. The van der Waals surface area contributed by atoms with Crippen molar-refractivity contribution in [2.45, 2.75) is 25.3 Å². The van der Waals surface area contributed by atoms with Gasteiger partial charge in [0.2, 0.25) is 11.8 Å². The number of nitrogens with one attached hydrogen (secondary N) is 1. The third-order valence-electron chi connectivity index (χ3n) is 1.65. The molecular weight excluding hydrogens is 202 g/mol. The molecule has 0 fully saturated rings. The number of carboxylic acid groups (broad SMARTS) is 1. The average molecular weight is 217 g/mol. The van der Waals surface area contributed by atoms with Gasteiger partial charge in [0.25, 0.3) is 0 Å². The topological polar surface area (TPSA) is 136 Å². The Morgan fingerprint density at radius 1 is 1.33 bits per heavy atom. The van der Waals surface area contributed by atoms with E-state index in [0.29, 0.717) is 13.0 Å². The minimum Gasteiger partial charge on any atom is -0.480 e. The first kappa shape index (κ1) is 13.4. The lowest BCUT2D eigenvalue weighted by Crippen LogP contribution is -2.43. The molecule has 0 spiro atoms. The van der Waals surface area contributed by atoms with E-state index in [2.05, 4.69) is 5.32 Å². The van der Waals surface area contributed by atoms with Gasteiger partial charge in [-0.3, -0.25) is 9.59 Å². The quantitative estimate of drug-likeness (QED) is 0.397. The van der Waals surface area contributed by atoms with Crippen molar-refractivity contribution < 1.29 is 19.5 Å². The maximum Gasteiger partial charge on any atom is 0.326 e. The second-order valence-corrected chi connectivity index (χ2v) is 3.02. The Morgan fingerprint density at radius 3 is 2.33 bits per heavy atom. The first-order valence-electron chi connectivity index (χ1n) is 4.48. The number of nitrogens with two attached hydrogens (primary N) is 2. The van der Waals surface area contributed by atoms with Crippen LogP contribution in [-0.4, -0.2) is 35.5 Å². The summed E-state index contributed by atoms with van der Waals surface area (Å²) in [5, 5.41) is 10.8. The Hall–Kier alpha value is -1.63. The van der Waals surface area contributed by atoms with Gasteiger partial charge in [-0.2, -0.15) is 0 Å². The first-order chi connectivity index (χ1) is 6.97. The molecule has 0 unspecified atom stereocenters. The Kier molecular flexibility index (Phi) is 6.03. The number of carbonyl (C=O) groups is 3. The minimum absolute atomic E-state index is 0.138. The summed E-state index contributed by atoms with van der Waals surface area (Å²) in [5.74, 6) is -2.51. The summed E-state index contributed by atoms with van der Waals surface area (Å²) in [4.78, 5) is 32.2. The maximum atomic E-state index is 11.1. The fraction of sp³-hybridized carbons (Fsp3) is 0.625. The molecule has 0 aliphatic carbocycles. The summed E-state index contributed by atoms with van der Waals surface area (Å²) >= 11 is 0. The lowest BCUT2D eigenvalue weighted by molar-refractivity contribution is -0.143. The fourth-order valence-electron chi connectivity index (χ4n) is 0.930. The molecule has 0 saturated heterocycles. The largest absolute Gasteiger partial charge is 0.480 e. The number of carboxylic acids is 1. The molecule has 6 N–H and O–H groups in total. The van der Waals surface area contributed by atoms with Crippen LogP contribution in [0, 0.1) is 0 Å². The van der Waals surface area contributed by atoms with Crippen LogP contribution in [0.4, 0.5) is 0 Å². The van der Waals surface area contributed by atoms with E-state index in [1.165, 1.54) is 0 Å². The molecule has 7 heteroatoms. The van der Waals surface area contributed by atoms with E-state index in [9.17, 15) is 14.4 Å². The molecule has 0 aromatic heterocycles. The van der Waals surface area contributed by atoms with Gasteiger partial charge in [0, 0.05) is 6.42 Å². The lowest BCUT2D eigenvalue weighted by Gasteiger charge is -2.12. The summed E-state index contributed by atoms with van der Waals surface area (Å²) in [7, 11) is 0. The van der Waals surface area contributed by atoms with Crippen LogP contribution in [-0.2, 0) is 14.4 Å². The monoisotopic (exact) mass is 217 g/mol. The standard InChI is InChI=1S/C8H15N3O4/c9-3-1-2-7(13)11-5(8(14)15)4-6(10)12/h5H,1-4,9H2,(H2,10,12)(H,11,13)(H,14,15)/t5-/m1/s1. The van der Waals surface area contributed by atoms with Crippen molar-refractivity contribution >= 4 is 17.8 Å². The van der Waals surface area contributed by atoms with E-state index >= 15 is 0 Å². The van der Waals surface area contributed by atoms with E-state index in [1.807, 2.05) is 0 Å². The number of aliphatic carboxylic acids is 1. The van der Waals surface area contributed by atoms with Gasteiger partial charge in [-0.1, -0.05) is 0 Å². The summed E-state index contributed by atoms with van der Waals surface area (Å²) in [5.41, 5.74) is 10.0. The molecule has 0 heterocycles. The molecule has 0 aliphatic heterocycles. The summed E-state index contributed by atoms with van der Waals surface area (Å²) in [6, 6.07) is -1.26. The minimum atomic E-state index is -1.28. The van der Waals surface area contributed by atoms with Crippen LogP contribution < -0.4 is 16.8 Å². The normalized spacial score (nSPS) is 11.8. The molecular formula is C8H15N3O4. The van der Waals surface area contributed by atoms with Gasteiger partial charge in [-0.25, -0.2) is 4.79 Å². The van der Waals surface area contributed by atoms with Crippen LogP contribution in [0.3, 0.4) is 0 Å². The van der Waals surface area contributed by atoms with Crippen LogP contribution in [0.2, 0.25) is 0 Å². The zero-order valence-corrected chi connectivity index (χ0v) is 8.23. The van der Waals surface area contributed by atoms with Gasteiger partial charge in [-0.15, -0.1) is 0 Å². The Morgan fingerprint density at radius 2 is 1.93 bits per heavy atom. The fourth-order valence-corrected chi connectivity index (χ4v) is 0.930. The Labute approximate surface area is 86.8 Å². The predicted octanol–water partition coefficient (Wildman–Crippen LogP) is -1.83. The maximum absolute atomic E-state index is 11.1. The number of carbonyl (C=O) groups excluding carboxylic acids is 2. The van der Waals surface area contributed by atoms with Crippen molar-refractivity contribution in [1.82, 2.24) is 5.32 Å². The van der Waals surface area contributed by atoms with Gasteiger partial charge < -0.3 is 21.9 Å². The van der Waals surface area contributed by atoms with E-state index in [1.54, 1.807) is 0 Å². The SMILES string of the molecule is NCCCC(=O)N[C@H](CC(N)=O)C(=O)O. The second kappa shape index (κ2) is 6.77. The van der Waals surface area contributed by atoms with Crippen molar-refractivity contribution in [3.63, 3.8) is 0 Å². The van der Waals surface area contributed by atoms with Crippen LogP contribution in [0.25, 0.3) is 0 Å². The smallest absolute Gasteiger partial charge is 0.326 e. The molecule has 0 saturated carbocycles. The zero-order chi connectivity index (χ0) is 11.8. The molecule has 15 heavy (non-hydrogen) atoms. The number of rotatable bonds is 7. The van der Waals surface area contributed by atoms with Gasteiger partial charge in [-0.05, 0) is 13.0 Å². The van der Waals surface area contributed by atoms with Crippen LogP contribution in [0.5, 0.6) is 0 Å². The Bertz CT molecular complexity index is 254. The van der Waals surface area contributed by atoms with Crippen molar-refractivity contribution in [3.8, 4) is 0 Å². The first-order valence-corrected chi connectivity index (χ1v) is 4.48. The van der Waals surface area contributed by atoms with Crippen molar-refractivity contribution in [1.29, 1.82) is 0 Å². The van der Waals surface area contributed by atoms with E-state index in [4.69, 9.17) is 16.6 Å². The summed E-state index contributed by atoms with van der Waals surface area (Å²) in [6.07, 6.45) is 0.192. The van der Waals surface area contributed by atoms with Crippen molar-refractivity contribution in [2.24, 2.45) is 11.5 Å². The van der Waals surface area contributed by atoms with Crippen LogP contribution in [0.15, 0.2) is 0 Å². The third kappa shape index (κ3) is 6.44. The molecule has 0 aromatic rings. The highest BCUT2D eigenvalue weighted by Crippen LogP contribution is 1.94. The van der Waals surface area contributed by atoms with Gasteiger partial charge in [0.15, 0.2) is 0 Å². The highest BCUT2D eigenvalue weighted by Gasteiger charge is 2.21. The van der Waals surface area contributed by atoms with E-state index in [0.717, 1.165) is 0 Å². The summed E-state index contributed by atoms with van der Waals surface area (Å²) < 4.78 is 0. The molecule has 7 nitrogen and oxygen atoms in total. The number of amides is 2. The molecule has 2 amide bonds. The molecule has 0 aromatic carbocycles. The Balaban J connectivity index is 4.10. The van der Waals surface area contributed by atoms with Gasteiger partial charge in [0.1, 0.15) is 6.04 Å². The highest BCUT2D eigenvalue weighted by molar-refractivity contribution is 5.88. The lowest BCUT2D eigenvalue weighted by atomic mass is 10.2. The van der Waals surface area contributed by atoms with Crippen LogP contribution in [0.1, 0.15) is 19.3 Å². The molecule has 0 bridgehead atoms. The highest BCUT2D eigenvalue weighted by atomic mass is 16.4. The van der Waals surface area contributed by atoms with Gasteiger partial charge >= 0.3 is 5.97 Å². The number of primary amides is 1. The van der Waals surface area contributed by atoms with E-state index in [-0.39, 0.29) is 6.42 Å². The second-order valence-electron chi connectivity index (χ2n) is 3.02. The van der Waals surface area contributed by atoms with E-state index < -0.39 is 30.2 Å². The van der Waals surface area contributed by atoms with Crippen LogP contribution >= 0.6 is 0 Å². The molecule has 86 valence electrons. The molecule has 1 atom stereocenters. The number of hydrogen-bond acceptors (Lipinski definition) is 4. The zero-order valence-electron chi connectivity index (χ0n) is 8.23. The molecule has 0 aliphatic rings. The average Bonchev–Trinajstić information content (AvgIpc) is 2.12.